The molecular formula is C12H10N2O2. The molecule has 16 heavy (non-hydrogen) atoms. The zero-order valence-corrected chi connectivity index (χ0v) is 9.00. The van der Waals surface area contributed by atoms with Gasteiger partial charge in [-0.15, -0.1) is 0 Å². The highest BCUT2D eigenvalue weighted by Gasteiger charge is 2.13. The van der Waals surface area contributed by atoms with Gasteiger partial charge in [0, 0.05) is 0 Å². The predicted molar refractivity (Wildman–Crippen MR) is 59.0 cm³/mol. The maximum atomic E-state index is 11.6. The lowest BCUT2D eigenvalue weighted by atomic mass is 10.0. The zero-order chi connectivity index (χ0) is 11.7. The average Bonchev–Trinajstić information content (AvgIpc) is 2.77. The van der Waals surface area contributed by atoms with Gasteiger partial charge in [0.2, 0.25) is 0 Å². The number of aromatic amines is 1. The van der Waals surface area contributed by atoms with Crippen LogP contribution in [0.4, 0.5) is 0 Å². The molecule has 0 saturated heterocycles. The van der Waals surface area contributed by atoms with Gasteiger partial charge < -0.3 is 9.40 Å². The lowest BCUT2D eigenvalue weighted by Crippen LogP contribution is -2.14. The number of nitrogens with zero attached hydrogens (tertiary/aromatic N) is 1. The SMILES string of the molecule is Cc1c(-c2ccco2)[nH]c(=O)c(C#N)c1C. The molecule has 0 fully saturated rings. The smallest absolute Gasteiger partial charge is 0.266 e. The lowest BCUT2D eigenvalue weighted by molar-refractivity contribution is 0.579. The van der Waals surface area contributed by atoms with Crippen LogP contribution in [-0.2, 0) is 0 Å². The Hall–Kier alpha value is -2.28. The minimum absolute atomic E-state index is 0.160. The minimum atomic E-state index is -0.378. The van der Waals surface area contributed by atoms with Crippen LogP contribution in [0.25, 0.3) is 11.5 Å². The molecule has 0 saturated carbocycles. The molecule has 4 heteroatoms. The summed E-state index contributed by atoms with van der Waals surface area (Å²) in [5.74, 6) is 0.599. The van der Waals surface area contributed by atoms with E-state index in [0.29, 0.717) is 17.0 Å². The lowest BCUT2D eigenvalue weighted by Gasteiger charge is -2.06. The van der Waals surface area contributed by atoms with Crippen molar-refractivity contribution in [2.24, 2.45) is 0 Å². The highest BCUT2D eigenvalue weighted by Crippen LogP contribution is 2.23. The van der Waals surface area contributed by atoms with Crippen LogP contribution in [0.5, 0.6) is 0 Å². The molecule has 0 aromatic carbocycles. The molecule has 0 atom stereocenters. The van der Waals surface area contributed by atoms with Crippen molar-refractivity contribution in [2.75, 3.05) is 0 Å². The Labute approximate surface area is 92.2 Å². The molecular weight excluding hydrogens is 204 g/mol. The number of hydrogen-bond acceptors (Lipinski definition) is 3. The Morgan fingerprint density at radius 3 is 2.69 bits per heavy atom. The molecule has 2 heterocycles. The number of aromatic nitrogens is 1. The Morgan fingerprint density at radius 2 is 2.12 bits per heavy atom. The largest absolute Gasteiger partial charge is 0.463 e. The Bertz CT molecular complexity index is 616. The third-order valence-electron chi connectivity index (χ3n) is 2.66. The Balaban J connectivity index is 2.77. The molecule has 80 valence electrons. The number of nitriles is 1. The van der Waals surface area contributed by atoms with Gasteiger partial charge in [-0.3, -0.25) is 4.79 Å². The minimum Gasteiger partial charge on any atom is -0.463 e. The first-order valence-corrected chi connectivity index (χ1v) is 4.82. The zero-order valence-electron chi connectivity index (χ0n) is 9.00. The number of pyridine rings is 1. The van der Waals surface area contributed by atoms with E-state index in [1.807, 2.05) is 13.0 Å². The van der Waals surface area contributed by atoms with Crippen molar-refractivity contribution < 1.29 is 4.42 Å². The standard InChI is InChI=1S/C12H10N2O2/c1-7-8(2)11(10-4-3-5-16-10)14-12(15)9(7)6-13/h3-5H,1-2H3,(H,14,15). The van der Waals surface area contributed by atoms with Crippen LogP contribution in [0.1, 0.15) is 16.7 Å². The van der Waals surface area contributed by atoms with Gasteiger partial charge >= 0.3 is 0 Å². The number of hydrogen-bond donors (Lipinski definition) is 1. The fourth-order valence-electron chi connectivity index (χ4n) is 1.62. The summed E-state index contributed by atoms with van der Waals surface area (Å²) in [7, 11) is 0. The van der Waals surface area contributed by atoms with Crippen LogP contribution in [-0.4, -0.2) is 4.98 Å². The average molecular weight is 214 g/mol. The van der Waals surface area contributed by atoms with Gasteiger partial charge in [0.05, 0.1) is 12.0 Å². The van der Waals surface area contributed by atoms with E-state index in [0.717, 1.165) is 5.56 Å². The summed E-state index contributed by atoms with van der Waals surface area (Å²) < 4.78 is 5.23. The quantitative estimate of drug-likeness (QED) is 0.790. The molecule has 2 aromatic rings. The van der Waals surface area contributed by atoms with E-state index in [1.54, 1.807) is 25.3 Å². The van der Waals surface area contributed by atoms with Gasteiger partial charge in [0.15, 0.2) is 0 Å². The number of rotatable bonds is 1. The van der Waals surface area contributed by atoms with Crippen molar-refractivity contribution in [1.29, 1.82) is 5.26 Å². The highest BCUT2D eigenvalue weighted by atomic mass is 16.3. The van der Waals surface area contributed by atoms with Crippen molar-refractivity contribution in [3.8, 4) is 17.5 Å². The first kappa shape index (κ1) is 10.2. The van der Waals surface area contributed by atoms with Gasteiger partial charge in [-0.1, -0.05) is 0 Å². The molecule has 0 spiro atoms. The first-order valence-electron chi connectivity index (χ1n) is 4.82. The van der Waals surface area contributed by atoms with E-state index >= 15 is 0 Å². The molecule has 1 N–H and O–H groups in total. The summed E-state index contributed by atoms with van der Waals surface area (Å²) >= 11 is 0. The van der Waals surface area contributed by atoms with Gasteiger partial charge in [0.1, 0.15) is 17.4 Å². The molecule has 0 aliphatic heterocycles. The van der Waals surface area contributed by atoms with E-state index in [1.165, 1.54) is 0 Å². The topological polar surface area (TPSA) is 69.8 Å². The second-order valence-corrected chi connectivity index (χ2v) is 3.54. The van der Waals surface area contributed by atoms with Gasteiger partial charge in [-0.05, 0) is 37.1 Å². The molecule has 0 aliphatic carbocycles. The molecule has 0 radical (unpaired) electrons. The summed E-state index contributed by atoms with van der Waals surface area (Å²) in [4.78, 5) is 14.3. The maximum Gasteiger partial charge on any atom is 0.266 e. The van der Waals surface area contributed by atoms with E-state index in [9.17, 15) is 4.79 Å². The van der Waals surface area contributed by atoms with Crippen LogP contribution < -0.4 is 5.56 Å². The number of H-pyrrole nitrogens is 1. The summed E-state index contributed by atoms with van der Waals surface area (Å²) in [6.45, 7) is 3.61. The summed E-state index contributed by atoms with van der Waals surface area (Å²) in [5, 5.41) is 8.85. The van der Waals surface area contributed by atoms with Crippen LogP contribution in [0.15, 0.2) is 27.6 Å². The van der Waals surface area contributed by atoms with Crippen molar-refractivity contribution in [2.45, 2.75) is 13.8 Å². The van der Waals surface area contributed by atoms with Crippen LogP contribution in [0, 0.1) is 25.2 Å². The van der Waals surface area contributed by atoms with Crippen molar-refractivity contribution >= 4 is 0 Å². The van der Waals surface area contributed by atoms with Crippen molar-refractivity contribution in [3.63, 3.8) is 0 Å². The second-order valence-electron chi connectivity index (χ2n) is 3.54. The molecule has 0 bridgehead atoms. The monoisotopic (exact) mass is 214 g/mol. The van der Waals surface area contributed by atoms with E-state index in [4.69, 9.17) is 9.68 Å². The van der Waals surface area contributed by atoms with Gasteiger partial charge in [-0.25, -0.2) is 0 Å². The third-order valence-corrected chi connectivity index (χ3v) is 2.66. The van der Waals surface area contributed by atoms with Crippen molar-refractivity contribution in [3.05, 3.63) is 45.4 Å². The predicted octanol–water partition coefficient (Wildman–Crippen LogP) is 2.12. The molecule has 4 nitrogen and oxygen atoms in total. The van der Waals surface area contributed by atoms with Crippen LogP contribution in [0.3, 0.4) is 0 Å². The highest BCUT2D eigenvalue weighted by molar-refractivity contribution is 5.60. The summed E-state index contributed by atoms with van der Waals surface area (Å²) in [5.41, 5.74) is 1.96. The fraction of sp³-hybridized carbons (Fsp3) is 0.167. The molecule has 0 unspecified atom stereocenters. The first-order chi connectivity index (χ1) is 7.65. The molecule has 0 aliphatic rings. The fourth-order valence-corrected chi connectivity index (χ4v) is 1.62. The van der Waals surface area contributed by atoms with E-state index in [2.05, 4.69) is 4.98 Å². The number of furan rings is 1. The van der Waals surface area contributed by atoms with Crippen molar-refractivity contribution in [1.82, 2.24) is 4.98 Å². The molecule has 2 rings (SSSR count). The van der Waals surface area contributed by atoms with Gasteiger partial charge in [-0.2, -0.15) is 5.26 Å². The normalized spacial score (nSPS) is 10.1. The van der Waals surface area contributed by atoms with Crippen LogP contribution >= 0.6 is 0 Å². The third kappa shape index (κ3) is 1.43. The second kappa shape index (κ2) is 3.70. The summed E-state index contributed by atoms with van der Waals surface area (Å²) in [6, 6.07) is 5.42. The number of nitrogens with one attached hydrogen (secondary N) is 1. The van der Waals surface area contributed by atoms with Crippen LogP contribution in [0.2, 0.25) is 0 Å². The maximum absolute atomic E-state index is 11.6. The molecule has 2 aromatic heterocycles. The summed E-state index contributed by atoms with van der Waals surface area (Å²) in [6.07, 6.45) is 1.54. The van der Waals surface area contributed by atoms with E-state index < -0.39 is 0 Å². The Morgan fingerprint density at radius 1 is 1.38 bits per heavy atom. The molecule has 0 amide bonds. The van der Waals surface area contributed by atoms with Gasteiger partial charge in [0.25, 0.3) is 5.56 Å². The van der Waals surface area contributed by atoms with E-state index in [-0.39, 0.29) is 11.1 Å². The Kier molecular flexibility index (Phi) is 2.37.